The van der Waals surface area contributed by atoms with Crippen LogP contribution in [0, 0.1) is 11.3 Å². The molecule has 3 rings (SSSR count). The van der Waals surface area contributed by atoms with Crippen LogP contribution in [0.3, 0.4) is 0 Å². The first-order chi connectivity index (χ1) is 13.5. The summed E-state index contributed by atoms with van der Waals surface area (Å²) in [6.45, 7) is 10.3. The monoisotopic (exact) mass is 400 g/mol. The van der Waals surface area contributed by atoms with Gasteiger partial charge >= 0.3 is 12.0 Å². The molecule has 1 aromatic rings. The minimum Gasteiger partial charge on any atom is -0.459 e. The number of carbonyl (C=O) groups excluding carboxylic acids is 3. The fourth-order valence-corrected chi connectivity index (χ4v) is 4.99. The molecule has 0 radical (unpaired) electrons. The highest BCUT2D eigenvalue weighted by atomic mass is 16.5. The Balaban J connectivity index is 1.60. The molecule has 6 nitrogen and oxygen atoms in total. The van der Waals surface area contributed by atoms with Crippen LogP contribution in [-0.4, -0.2) is 34.9 Å². The third kappa shape index (κ3) is 4.62. The van der Waals surface area contributed by atoms with Crippen molar-refractivity contribution in [1.82, 2.24) is 10.2 Å². The van der Waals surface area contributed by atoms with Gasteiger partial charge in [-0.2, -0.15) is 0 Å². The normalized spacial score (nSPS) is 26.1. The first-order valence-corrected chi connectivity index (χ1v) is 10.4. The molecule has 2 aliphatic rings. The first kappa shape index (κ1) is 21.3. The smallest absolute Gasteiger partial charge is 0.326 e. The quantitative estimate of drug-likeness (QED) is 0.599. The summed E-state index contributed by atoms with van der Waals surface area (Å²) in [4.78, 5) is 38.9. The van der Waals surface area contributed by atoms with Gasteiger partial charge in [-0.15, -0.1) is 0 Å². The van der Waals surface area contributed by atoms with E-state index in [1.54, 1.807) is 0 Å². The van der Waals surface area contributed by atoms with Gasteiger partial charge in [-0.1, -0.05) is 58.9 Å². The van der Waals surface area contributed by atoms with Crippen LogP contribution < -0.4 is 5.32 Å². The maximum atomic E-state index is 13.1. The number of nitrogens with zero attached hydrogens (tertiary/aromatic N) is 1. The van der Waals surface area contributed by atoms with Gasteiger partial charge in [0, 0.05) is 0 Å². The molecule has 1 spiro atoms. The topological polar surface area (TPSA) is 75.7 Å². The Labute approximate surface area is 173 Å². The summed E-state index contributed by atoms with van der Waals surface area (Å²) in [5, 5.41) is 2.88. The number of nitrogens with one attached hydrogen (secondary N) is 1. The number of ether oxygens (including phenoxy) is 1. The van der Waals surface area contributed by atoms with Crippen LogP contribution in [-0.2, 0) is 20.9 Å². The van der Waals surface area contributed by atoms with Crippen molar-refractivity contribution in [2.24, 2.45) is 11.3 Å². The summed E-state index contributed by atoms with van der Waals surface area (Å²) in [5.41, 5.74) is 1.15. The van der Waals surface area contributed by atoms with Gasteiger partial charge in [0.25, 0.3) is 5.91 Å². The van der Waals surface area contributed by atoms with Crippen molar-refractivity contribution in [1.29, 1.82) is 0 Å². The number of amides is 3. The SMILES string of the molecule is CC(C)c1ccc(COC(=O)CN2C(=O)N[C@]3(C[C@@H](C)CC(C)(C)C3)C2=O)cc1. The van der Waals surface area contributed by atoms with Crippen LogP contribution in [0.1, 0.15) is 70.9 Å². The third-order valence-electron chi connectivity index (χ3n) is 5.96. The summed E-state index contributed by atoms with van der Waals surface area (Å²) in [6.07, 6.45) is 2.20. The molecular weight excluding hydrogens is 368 g/mol. The van der Waals surface area contributed by atoms with Gasteiger partial charge < -0.3 is 10.1 Å². The van der Waals surface area contributed by atoms with Gasteiger partial charge in [0.15, 0.2) is 0 Å². The highest BCUT2D eigenvalue weighted by molar-refractivity contribution is 6.08. The lowest BCUT2D eigenvalue weighted by molar-refractivity contribution is -0.149. The predicted molar refractivity (Wildman–Crippen MR) is 110 cm³/mol. The van der Waals surface area contributed by atoms with E-state index in [1.807, 2.05) is 24.3 Å². The third-order valence-corrected chi connectivity index (χ3v) is 5.96. The van der Waals surface area contributed by atoms with Crippen molar-refractivity contribution in [2.45, 2.75) is 71.9 Å². The van der Waals surface area contributed by atoms with Crippen molar-refractivity contribution in [3.8, 4) is 0 Å². The molecule has 2 fully saturated rings. The van der Waals surface area contributed by atoms with E-state index in [4.69, 9.17) is 4.74 Å². The van der Waals surface area contributed by atoms with Crippen LogP contribution in [0.25, 0.3) is 0 Å². The lowest BCUT2D eigenvalue weighted by atomic mass is 9.64. The maximum Gasteiger partial charge on any atom is 0.326 e. The van der Waals surface area contributed by atoms with E-state index in [1.165, 1.54) is 5.56 Å². The number of imide groups is 1. The van der Waals surface area contributed by atoms with Crippen LogP contribution >= 0.6 is 0 Å². The number of urea groups is 1. The molecule has 0 aromatic heterocycles. The number of carbonyl (C=O) groups is 3. The van der Waals surface area contributed by atoms with Crippen molar-refractivity contribution >= 4 is 17.9 Å². The Bertz CT molecular complexity index is 800. The van der Waals surface area contributed by atoms with Gasteiger partial charge in [-0.3, -0.25) is 14.5 Å². The molecule has 1 aliphatic heterocycles. The van der Waals surface area contributed by atoms with E-state index < -0.39 is 17.5 Å². The Morgan fingerprint density at radius 3 is 2.45 bits per heavy atom. The number of hydrogen-bond donors (Lipinski definition) is 1. The molecule has 2 atom stereocenters. The molecule has 1 saturated carbocycles. The average Bonchev–Trinajstić information content (AvgIpc) is 2.82. The molecule has 0 bridgehead atoms. The molecule has 158 valence electrons. The van der Waals surface area contributed by atoms with Gasteiger partial charge in [-0.25, -0.2) is 4.79 Å². The standard InChI is InChI=1S/C23H32N2O4/c1-15(2)18-8-6-17(7-9-18)13-29-19(26)12-25-20(27)23(24-21(25)28)11-16(3)10-22(4,5)14-23/h6-9,15-16H,10-14H2,1-5H3,(H,24,28)/t16-,23-/m0/s1. The highest BCUT2D eigenvalue weighted by Crippen LogP contribution is 2.46. The van der Waals surface area contributed by atoms with E-state index in [2.05, 4.69) is 39.9 Å². The van der Waals surface area contributed by atoms with Crippen LogP contribution in [0.2, 0.25) is 0 Å². The second-order valence-electron chi connectivity index (χ2n) is 9.81. The molecule has 3 amide bonds. The van der Waals surface area contributed by atoms with Crippen molar-refractivity contribution < 1.29 is 19.1 Å². The Morgan fingerprint density at radius 1 is 1.21 bits per heavy atom. The van der Waals surface area contributed by atoms with E-state index in [0.717, 1.165) is 16.9 Å². The summed E-state index contributed by atoms with van der Waals surface area (Å²) in [6, 6.07) is 7.38. The molecular formula is C23H32N2O4. The van der Waals surface area contributed by atoms with E-state index in [9.17, 15) is 14.4 Å². The summed E-state index contributed by atoms with van der Waals surface area (Å²) in [7, 11) is 0. The largest absolute Gasteiger partial charge is 0.459 e. The van der Waals surface area contributed by atoms with Crippen LogP contribution in [0.15, 0.2) is 24.3 Å². The zero-order valence-corrected chi connectivity index (χ0v) is 18.1. The zero-order valence-electron chi connectivity index (χ0n) is 18.1. The second kappa shape index (κ2) is 7.81. The molecule has 29 heavy (non-hydrogen) atoms. The van der Waals surface area contributed by atoms with Gasteiger partial charge in [0.1, 0.15) is 18.7 Å². The second-order valence-corrected chi connectivity index (χ2v) is 9.81. The molecule has 1 aliphatic carbocycles. The minimum absolute atomic E-state index is 0.0424. The fourth-order valence-electron chi connectivity index (χ4n) is 4.99. The summed E-state index contributed by atoms with van der Waals surface area (Å²) >= 11 is 0. The molecule has 1 heterocycles. The van der Waals surface area contributed by atoms with Crippen LogP contribution in [0.5, 0.6) is 0 Å². The molecule has 1 N–H and O–H groups in total. The lowest BCUT2D eigenvalue weighted by Crippen LogP contribution is -2.54. The van der Waals surface area contributed by atoms with Gasteiger partial charge in [0.05, 0.1) is 0 Å². The summed E-state index contributed by atoms with van der Waals surface area (Å²) < 4.78 is 5.31. The highest BCUT2D eigenvalue weighted by Gasteiger charge is 2.56. The fraction of sp³-hybridized carbons (Fsp3) is 0.609. The van der Waals surface area contributed by atoms with Gasteiger partial charge in [-0.05, 0) is 47.6 Å². The molecule has 1 aromatic carbocycles. The molecule has 6 heteroatoms. The van der Waals surface area contributed by atoms with E-state index in [-0.39, 0.29) is 24.5 Å². The number of rotatable bonds is 5. The number of hydrogen-bond acceptors (Lipinski definition) is 4. The number of benzene rings is 1. The first-order valence-electron chi connectivity index (χ1n) is 10.4. The molecule has 0 unspecified atom stereocenters. The van der Waals surface area contributed by atoms with E-state index in [0.29, 0.717) is 24.7 Å². The molecule has 1 saturated heterocycles. The van der Waals surface area contributed by atoms with Gasteiger partial charge in [0.2, 0.25) is 0 Å². The minimum atomic E-state index is -0.898. The Hall–Kier alpha value is -2.37. The van der Waals surface area contributed by atoms with Crippen molar-refractivity contribution in [3.63, 3.8) is 0 Å². The number of esters is 1. The summed E-state index contributed by atoms with van der Waals surface area (Å²) in [5.74, 6) is -0.128. The van der Waals surface area contributed by atoms with Crippen molar-refractivity contribution in [2.75, 3.05) is 6.54 Å². The lowest BCUT2D eigenvalue weighted by Gasteiger charge is -2.43. The van der Waals surface area contributed by atoms with Crippen molar-refractivity contribution in [3.05, 3.63) is 35.4 Å². The van der Waals surface area contributed by atoms with Crippen LogP contribution in [0.4, 0.5) is 4.79 Å². The Kier molecular flexibility index (Phi) is 5.74. The average molecular weight is 401 g/mol. The van der Waals surface area contributed by atoms with E-state index >= 15 is 0 Å². The predicted octanol–water partition coefficient (Wildman–Crippen LogP) is 3.99. The zero-order chi connectivity index (χ0) is 21.4. The Morgan fingerprint density at radius 2 is 1.86 bits per heavy atom. The maximum absolute atomic E-state index is 13.1.